The van der Waals surface area contributed by atoms with Crippen LogP contribution in [0.25, 0.3) is 21.8 Å². The molecule has 6 nitrogen and oxygen atoms in total. The summed E-state index contributed by atoms with van der Waals surface area (Å²) < 4.78 is 55.8. The topological polar surface area (TPSA) is 98.6 Å². The molecule has 2 aromatic carbocycles. The van der Waals surface area contributed by atoms with Crippen LogP contribution in [0.2, 0.25) is 0 Å². The van der Waals surface area contributed by atoms with Gasteiger partial charge in [0, 0.05) is 34.8 Å². The van der Waals surface area contributed by atoms with Crippen molar-refractivity contribution in [1.29, 1.82) is 5.26 Å². The average Bonchev–Trinajstić information content (AvgIpc) is 3.11. The number of nitrogens with one attached hydrogen (secondary N) is 2. The molecule has 0 saturated carbocycles. The highest BCUT2D eigenvalue weighted by Gasteiger charge is 2.23. The van der Waals surface area contributed by atoms with Crippen molar-refractivity contribution in [2.75, 3.05) is 4.72 Å². The van der Waals surface area contributed by atoms with Crippen molar-refractivity contribution in [2.45, 2.75) is 11.3 Å². The van der Waals surface area contributed by atoms with Gasteiger partial charge in [-0.25, -0.2) is 17.2 Å². The van der Waals surface area contributed by atoms with Crippen LogP contribution in [0.5, 0.6) is 0 Å². The maximum absolute atomic E-state index is 14.2. The molecule has 0 aliphatic heterocycles. The number of hydrogen-bond donors (Lipinski definition) is 2. The minimum absolute atomic E-state index is 0.148. The second kappa shape index (κ2) is 6.58. The van der Waals surface area contributed by atoms with Crippen molar-refractivity contribution >= 4 is 37.5 Å². The number of H-pyrrole nitrogens is 1. The van der Waals surface area contributed by atoms with Crippen LogP contribution in [0.4, 0.5) is 14.5 Å². The number of benzene rings is 2. The molecule has 2 aromatic heterocycles. The fourth-order valence-corrected chi connectivity index (χ4v) is 4.21. The lowest BCUT2D eigenvalue weighted by Gasteiger charge is -2.10. The van der Waals surface area contributed by atoms with E-state index in [1.165, 1.54) is 6.20 Å². The number of anilines is 1. The summed E-state index contributed by atoms with van der Waals surface area (Å²) in [7, 11) is -4.23. The van der Waals surface area contributed by atoms with Crippen LogP contribution in [0.1, 0.15) is 5.56 Å². The fraction of sp³-hybridized carbons (Fsp3) is 0.0526. The van der Waals surface area contributed by atoms with E-state index in [-0.39, 0.29) is 16.9 Å². The third-order valence-electron chi connectivity index (χ3n) is 4.33. The standard InChI is InChI=1S/C19H12F2N4O2S/c20-14-9-16(15(21)8-12(14)5-6-22)25-28(26,27)17-10-24-19-13(17)4-3-11-2-1-7-23-18(11)19/h1-4,7-10,23,25H,5H2. The molecule has 0 aliphatic rings. The van der Waals surface area contributed by atoms with E-state index in [4.69, 9.17) is 5.26 Å². The van der Waals surface area contributed by atoms with E-state index < -0.39 is 27.3 Å². The van der Waals surface area contributed by atoms with E-state index in [9.17, 15) is 17.2 Å². The Hall–Kier alpha value is -3.51. The zero-order valence-corrected chi connectivity index (χ0v) is 15.0. The zero-order chi connectivity index (χ0) is 19.9. The number of hydrogen-bond acceptors (Lipinski definition) is 4. The second-order valence-electron chi connectivity index (χ2n) is 6.08. The van der Waals surface area contributed by atoms with Crippen LogP contribution in [-0.2, 0) is 16.4 Å². The first kappa shape index (κ1) is 17.9. The van der Waals surface area contributed by atoms with Crippen molar-refractivity contribution in [3.05, 3.63) is 66.0 Å². The lowest BCUT2D eigenvalue weighted by atomic mass is 10.1. The minimum Gasteiger partial charge on any atom is -0.359 e. The zero-order valence-electron chi connectivity index (χ0n) is 14.2. The molecule has 4 aromatic rings. The Balaban J connectivity index is 1.79. The van der Waals surface area contributed by atoms with Gasteiger partial charge in [0.25, 0.3) is 10.0 Å². The van der Waals surface area contributed by atoms with E-state index in [0.717, 1.165) is 17.5 Å². The number of nitriles is 1. The largest absolute Gasteiger partial charge is 0.359 e. The first-order valence-electron chi connectivity index (χ1n) is 8.13. The third kappa shape index (κ3) is 2.93. The number of sulfonamides is 1. The Morgan fingerprint density at radius 3 is 2.79 bits per heavy atom. The van der Waals surface area contributed by atoms with Gasteiger partial charge in [-0.3, -0.25) is 9.71 Å². The van der Waals surface area contributed by atoms with Gasteiger partial charge in [-0.1, -0.05) is 18.2 Å². The molecule has 0 atom stereocenters. The predicted molar refractivity (Wildman–Crippen MR) is 100 cm³/mol. The van der Waals surface area contributed by atoms with Gasteiger partial charge in [-0.05, 0) is 12.1 Å². The van der Waals surface area contributed by atoms with Gasteiger partial charge in [0.2, 0.25) is 0 Å². The Morgan fingerprint density at radius 2 is 2.00 bits per heavy atom. The van der Waals surface area contributed by atoms with Gasteiger partial charge in [-0.15, -0.1) is 0 Å². The summed E-state index contributed by atoms with van der Waals surface area (Å²) in [6.45, 7) is 0. The lowest BCUT2D eigenvalue weighted by Crippen LogP contribution is -2.14. The van der Waals surface area contributed by atoms with E-state index in [1.54, 1.807) is 24.4 Å². The Bertz CT molecular complexity index is 1370. The number of aromatic nitrogens is 2. The highest BCUT2D eigenvalue weighted by Crippen LogP contribution is 2.30. The summed E-state index contributed by atoms with van der Waals surface area (Å²) in [4.78, 5) is 7.06. The van der Waals surface area contributed by atoms with Gasteiger partial charge in [0.1, 0.15) is 16.5 Å². The molecule has 0 spiro atoms. The van der Waals surface area contributed by atoms with Crippen molar-refractivity contribution in [3.8, 4) is 6.07 Å². The molecule has 140 valence electrons. The first-order valence-corrected chi connectivity index (χ1v) is 9.61. The number of halogens is 2. The maximum Gasteiger partial charge on any atom is 0.264 e. The van der Waals surface area contributed by atoms with E-state index >= 15 is 0 Å². The first-order chi connectivity index (χ1) is 13.4. The molecule has 0 unspecified atom stereocenters. The smallest absolute Gasteiger partial charge is 0.264 e. The van der Waals surface area contributed by atoms with Crippen molar-refractivity contribution in [3.63, 3.8) is 0 Å². The SMILES string of the molecule is N#CCc1cc(F)c(NS(=O)(=O)c2cnc3c2ccc2ccc[nH]c23)cc1F. The molecule has 0 radical (unpaired) electrons. The van der Waals surface area contributed by atoms with E-state index in [0.29, 0.717) is 16.4 Å². The van der Waals surface area contributed by atoms with Crippen molar-refractivity contribution in [2.24, 2.45) is 0 Å². The Labute approximate surface area is 158 Å². The molecule has 9 heteroatoms. The van der Waals surface area contributed by atoms with Gasteiger partial charge in [-0.2, -0.15) is 5.26 Å². The van der Waals surface area contributed by atoms with Crippen LogP contribution in [0.3, 0.4) is 0 Å². The van der Waals surface area contributed by atoms with E-state index in [2.05, 4.69) is 14.7 Å². The molecule has 0 bridgehead atoms. The van der Waals surface area contributed by atoms with Crippen LogP contribution in [-0.4, -0.2) is 18.4 Å². The summed E-state index contributed by atoms with van der Waals surface area (Å²) in [5.41, 5.74) is 0.431. The highest BCUT2D eigenvalue weighted by atomic mass is 32.2. The Morgan fingerprint density at radius 1 is 1.18 bits per heavy atom. The number of fused-ring (bicyclic) bond motifs is 3. The summed E-state index contributed by atoms with van der Waals surface area (Å²) >= 11 is 0. The fourth-order valence-electron chi connectivity index (χ4n) is 3.01. The average molecular weight is 398 g/mol. The monoisotopic (exact) mass is 398 g/mol. The van der Waals surface area contributed by atoms with Crippen molar-refractivity contribution in [1.82, 2.24) is 9.97 Å². The van der Waals surface area contributed by atoms with Crippen molar-refractivity contribution < 1.29 is 17.2 Å². The molecule has 0 amide bonds. The van der Waals surface area contributed by atoms with Crippen LogP contribution in [0.15, 0.2) is 53.7 Å². The summed E-state index contributed by atoms with van der Waals surface area (Å²) in [5, 5.41) is 9.84. The van der Waals surface area contributed by atoms with Crippen LogP contribution in [0, 0.1) is 23.0 Å². The molecular formula is C19H12F2N4O2S. The molecule has 28 heavy (non-hydrogen) atoms. The molecule has 0 saturated heterocycles. The molecule has 4 rings (SSSR count). The molecular weight excluding hydrogens is 386 g/mol. The third-order valence-corrected chi connectivity index (χ3v) is 5.72. The second-order valence-corrected chi connectivity index (χ2v) is 7.73. The van der Waals surface area contributed by atoms with Gasteiger partial charge >= 0.3 is 0 Å². The number of nitrogens with zero attached hydrogens (tertiary/aromatic N) is 2. The summed E-state index contributed by atoms with van der Waals surface area (Å²) in [6, 6.07) is 10.3. The summed E-state index contributed by atoms with van der Waals surface area (Å²) in [6.07, 6.45) is 2.55. The maximum atomic E-state index is 14.2. The van der Waals surface area contributed by atoms with E-state index in [1.807, 2.05) is 12.1 Å². The van der Waals surface area contributed by atoms with Gasteiger partial charge in [0.15, 0.2) is 0 Å². The lowest BCUT2D eigenvalue weighted by molar-refractivity contribution is 0.589. The molecule has 2 N–H and O–H groups in total. The normalized spacial score (nSPS) is 11.6. The van der Waals surface area contributed by atoms with Crippen LogP contribution >= 0.6 is 0 Å². The minimum atomic E-state index is -4.23. The van der Waals surface area contributed by atoms with Crippen LogP contribution < -0.4 is 4.72 Å². The molecule has 0 fully saturated rings. The summed E-state index contributed by atoms with van der Waals surface area (Å²) in [5.74, 6) is -1.84. The molecule has 2 heterocycles. The quantitative estimate of drug-likeness (QED) is 0.545. The number of rotatable bonds is 4. The number of aromatic amines is 1. The predicted octanol–water partition coefficient (Wildman–Crippen LogP) is 3.86. The molecule has 0 aliphatic carbocycles. The van der Waals surface area contributed by atoms with Gasteiger partial charge in [0.05, 0.1) is 29.2 Å². The number of pyridine rings is 1. The Kier molecular flexibility index (Phi) is 4.20. The van der Waals surface area contributed by atoms with Gasteiger partial charge < -0.3 is 4.98 Å². The highest BCUT2D eigenvalue weighted by molar-refractivity contribution is 7.93.